The van der Waals surface area contributed by atoms with Gasteiger partial charge in [-0.2, -0.15) is 4.79 Å². The largest absolute Gasteiger partial charge is 0.457 e. The standard InChI is InChI=1S/C25H28N4O5/c1-5-18-17(16-11-8-9-12-19(16)28(18)4)15-20(30)29-14-10-13-25(6-2,24(29)33)22(31)21(27-26)23(32)34-7-3/h5,8-9,11-12H,1,6-7,10,13-15H2,2-4H3/t25-/m1/s1. The van der Waals surface area contributed by atoms with Crippen molar-refractivity contribution < 1.29 is 28.7 Å². The molecule has 0 spiro atoms. The highest BCUT2D eigenvalue weighted by Gasteiger charge is 2.55. The van der Waals surface area contributed by atoms with Gasteiger partial charge in [-0.15, -0.1) is 0 Å². The number of amides is 2. The van der Waals surface area contributed by atoms with Crippen LogP contribution in [0.4, 0.5) is 0 Å². The van der Waals surface area contributed by atoms with Gasteiger partial charge >= 0.3 is 11.7 Å². The quantitative estimate of drug-likeness (QED) is 0.195. The lowest BCUT2D eigenvalue weighted by molar-refractivity contribution is -0.159. The molecule has 0 saturated carbocycles. The van der Waals surface area contributed by atoms with E-state index in [1.165, 1.54) is 0 Å². The number of carbonyl (C=O) groups excluding carboxylic acids is 4. The van der Waals surface area contributed by atoms with Crippen LogP contribution >= 0.6 is 0 Å². The molecule has 1 aromatic carbocycles. The number of benzene rings is 1. The Morgan fingerprint density at radius 3 is 2.59 bits per heavy atom. The molecule has 9 heteroatoms. The topological polar surface area (TPSA) is 122 Å². The Labute approximate surface area is 197 Å². The number of ketones is 1. The second kappa shape index (κ2) is 9.97. The molecule has 0 aliphatic carbocycles. The number of imide groups is 1. The van der Waals surface area contributed by atoms with Gasteiger partial charge in [0.15, 0.2) is 0 Å². The van der Waals surface area contributed by atoms with Gasteiger partial charge in [0.25, 0.3) is 5.78 Å². The average Bonchev–Trinajstić information content (AvgIpc) is 3.10. The Balaban J connectivity index is 1.96. The Morgan fingerprint density at radius 2 is 1.97 bits per heavy atom. The monoisotopic (exact) mass is 464 g/mol. The van der Waals surface area contributed by atoms with Crippen LogP contribution in [-0.2, 0) is 37.4 Å². The van der Waals surface area contributed by atoms with Crippen LogP contribution in [0.25, 0.3) is 22.5 Å². The molecule has 1 aliphatic heterocycles. The SMILES string of the molecule is C=Cc1c(CC(=O)N2CCC[C@](CC)(C(=O)C(=[N+]=[N-])C(=O)OCC)C2=O)c2ccccc2n1C. The molecular formula is C25H28N4O5. The normalized spacial score (nSPS) is 17.9. The van der Waals surface area contributed by atoms with Crippen molar-refractivity contribution in [3.8, 4) is 0 Å². The predicted octanol–water partition coefficient (Wildman–Crippen LogP) is 2.71. The molecule has 0 N–H and O–H groups in total. The first-order chi connectivity index (χ1) is 16.3. The number of fused-ring (bicyclic) bond motifs is 1. The second-order valence-corrected chi connectivity index (χ2v) is 8.21. The predicted molar refractivity (Wildman–Crippen MR) is 126 cm³/mol. The number of Topliss-reactive ketones (excluding diaryl/α,β-unsaturated/α-hetero) is 1. The summed E-state index contributed by atoms with van der Waals surface area (Å²) in [4.78, 5) is 56.2. The number of aryl methyl sites for hydroxylation is 1. The number of ether oxygens (including phenoxy) is 1. The maximum Gasteiger partial charge on any atom is 0.442 e. The van der Waals surface area contributed by atoms with Gasteiger partial charge in [-0.05, 0) is 43.9 Å². The van der Waals surface area contributed by atoms with Crippen LogP contribution < -0.4 is 0 Å². The van der Waals surface area contributed by atoms with Crippen LogP contribution in [0.15, 0.2) is 30.8 Å². The smallest absolute Gasteiger partial charge is 0.442 e. The maximum absolute atomic E-state index is 13.5. The zero-order valence-electron chi connectivity index (χ0n) is 19.7. The van der Waals surface area contributed by atoms with Crippen molar-refractivity contribution in [2.45, 2.75) is 39.5 Å². The Bertz CT molecular complexity index is 1240. The Hall–Kier alpha value is -3.84. The highest BCUT2D eigenvalue weighted by Crippen LogP contribution is 2.37. The van der Waals surface area contributed by atoms with Gasteiger partial charge < -0.3 is 14.8 Å². The number of hydrogen-bond acceptors (Lipinski definition) is 5. The summed E-state index contributed by atoms with van der Waals surface area (Å²) in [5.41, 5.74) is 9.25. The fraction of sp³-hybridized carbons (Fsp3) is 0.400. The first-order valence-electron chi connectivity index (χ1n) is 11.2. The van der Waals surface area contributed by atoms with Crippen LogP contribution in [0.5, 0.6) is 0 Å². The minimum absolute atomic E-state index is 0.0283. The van der Waals surface area contributed by atoms with Crippen molar-refractivity contribution in [2.75, 3.05) is 13.2 Å². The third-order valence-corrected chi connectivity index (χ3v) is 6.55. The first kappa shape index (κ1) is 24.8. The molecule has 2 amide bonds. The van der Waals surface area contributed by atoms with Crippen molar-refractivity contribution in [1.29, 1.82) is 0 Å². The molecule has 178 valence electrons. The molecule has 1 fully saturated rings. The van der Waals surface area contributed by atoms with E-state index >= 15 is 0 Å². The van der Waals surface area contributed by atoms with E-state index in [1.54, 1.807) is 19.9 Å². The van der Waals surface area contributed by atoms with E-state index in [2.05, 4.69) is 11.4 Å². The lowest BCUT2D eigenvalue weighted by atomic mass is 9.71. The lowest BCUT2D eigenvalue weighted by Crippen LogP contribution is -2.57. The minimum Gasteiger partial charge on any atom is -0.457 e. The summed E-state index contributed by atoms with van der Waals surface area (Å²) in [7, 11) is 1.88. The molecule has 0 bridgehead atoms. The number of esters is 1. The molecule has 0 unspecified atom stereocenters. The number of piperidine rings is 1. The highest BCUT2D eigenvalue weighted by molar-refractivity contribution is 6.64. The van der Waals surface area contributed by atoms with Crippen molar-refractivity contribution >= 4 is 46.3 Å². The molecule has 2 heterocycles. The Kier molecular flexibility index (Phi) is 7.27. The number of nitrogens with zero attached hydrogens (tertiary/aromatic N) is 4. The molecule has 0 radical (unpaired) electrons. The Morgan fingerprint density at radius 1 is 1.26 bits per heavy atom. The molecule has 2 aromatic rings. The number of para-hydroxylation sites is 1. The van der Waals surface area contributed by atoms with Gasteiger partial charge in [-0.25, -0.2) is 4.79 Å². The number of likely N-dealkylation sites (tertiary alicyclic amines) is 1. The van der Waals surface area contributed by atoms with E-state index in [0.29, 0.717) is 6.42 Å². The van der Waals surface area contributed by atoms with E-state index in [4.69, 9.17) is 4.74 Å². The summed E-state index contributed by atoms with van der Waals surface area (Å²) in [6, 6.07) is 7.63. The molecule has 3 rings (SSSR count). The van der Waals surface area contributed by atoms with Gasteiger partial charge in [0, 0.05) is 30.2 Å². The van der Waals surface area contributed by atoms with Gasteiger partial charge in [-0.3, -0.25) is 19.3 Å². The number of aromatic nitrogens is 1. The molecule has 1 aromatic heterocycles. The van der Waals surface area contributed by atoms with Gasteiger partial charge in [-0.1, -0.05) is 31.7 Å². The minimum atomic E-state index is -1.68. The molecule has 34 heavy (non-hydrogen) atoms. The summed E-state index contributed by atoms with van der Waals surface area (Å²) < 4.78 is 6.74. The van der Waals surface area contributed by atoms with E-state index < -0.39 is 34.7 Å². The molecule has 9 nitrogen and oxygen atoms in total. The summed E-state index contributed by atoms with van der Waals surface area (Å²) in [5, 5.41) is 0.882. The molecule has 1 saturated heterocycles. The molecule has 1 atom stereocenters. The summed E-state index contributed by atoms with van der Waals surface area (Å²) >= 11 is 0. The molecular weight excluding hydrogens is 436 g/mol. The van der Waals surface area contributed by atoms with Crippen LogP contribution in [-0.4, -0.2) is 56.7 Å². The van der Waals surface area contributed by atoms with Crippen molar-refractivity contribution in [3.05, 3.63) is 47.6 Å². The number of rotatable bonds is 8. The lowest BCUT2D eigenvalue weighted by Gasteiger charge is -2.38. The van der Waals surface area contributed by atoms with E-state index in [1.807, 2.05) is 35.9 Å². The zero-order chi connectivity index (χ0) is 25.0. The maximum atomic E-state index is 13.5. The van der Waals surface area contributed by atoms with Gasteiger partial charge in [0.2, 0.25) is 11.8 Å². The zero-order valence-corrected chi connectivity index (χ0v) is 19.7. The van der Waals surface area contributed by atoms with E-state index in [9.17, 15) is 24.7 Å². The fourth-order valence-corrected chi connectivity index (χ4v) is 4.73. The highest BCUT2D eigenvalue weighted by atomic mass is 16.5. The van der Waals surface area contributed by atoms with Crippen molar-refractivity contribution in [3.63, 3.8) is 0 Å². The summed E-state index contributed by atoms with van der Waals surface area (Å²) in [6.07, 6.45) is 2.17. The number of carbonyl (C=O) groups is 4. The first-order valence-corrected chi connectivity index (χ1v) is 11.2. The van der Waals surface area contributed by atoms with Crippen LogP contribution in [0, 0.1) is 5.41 Å². The average molecular weight is 465 g/mol. The number of hydrogen-bond donors (Lipinski definition) is 0. The van der Waals surface area contributed by atoms with Crippen LogP contribution in [0.3, 0.4) is 0 Å². The van der Waals surface area contributed by atoms with Crippen LogP contribution in [0.2, 0.25) is 0 Å². The van der Waals surface area contributed by atoms with Gasteiger partial charge in [0.1, 0.15) is 5.41 Å². The summed E-state index contributed by atoms with van der Waals surface area (Å²) in [6.45, 7) is 7.17. The van der Waals surface area contributed by atoms with Crippen LogP contribution in [0.1, 0.15) is 44.4 Å². The van der Waals surface area contributed by atoms with Crippen molar-refractivity contribution in [2.24, 2.45) is 12.5 Å². The fourth-order valence-electron chi connectivity index (χ4n) is 4.73. The van der Waals surface area contributed by atoms with Crippen molar-refractivity contribution in [1.82, 2.24) is 9.47 Å². The van der Waals surface area contributed by atoms with E-state index in [-0.39, 0.29) is 32.4 Å². The third kappa shape index (κ3) is 3.99. The summed E-state index contributed by atoms with van der Waals surface area (Å²) in [5.74, 6) is -3.18. The van der Waals surface area contributed by atoms with E-state index in [0.717, 1.165) is 27.1 Å². The van der Waals surface area contributed by atoms with Gasteiger partial charge in [0.05, 0.1) is 13.0 Å². The third-order valence-electron chi connectivity index (χ3n) is 6.55. The second-order valence-electron chi connectivity index (χ2n) is 8.21. The molecule has 1 aliphatic rings.